The first-order chi connectivity index (χ1) is 14.9. The van der Waals surface area contributed by atoms with Crippen molar-refractivity contribution in [3.63, 3.8) is 0 Å². The van der Waals surface area contributed by atoms with Crippen LogP contribution in [0.4, 0.5) is 26.3 Å². The van der Waals surface area contributed by atoms with Gasteiger partial charge < -0.3 is 4.74 Å². The van der Waals surface area contributed by atoms with Gasteiger partial charge in [-0.1, -0.05) is 49.7 Å². The minimum Gasteiger partial charge on any atom is -0.461 e. The van der Waals surface area contributed by atoms with Crippen molar-refractivity contribution >= 4 is 17.6 Å². The predicted octanol–water partition coefficient (Wildman–Crippen LogP) is 7.10. The summed E-state index contributed by atoms with van der Waals surface area (Å²) in [4.78, 5) is 12.5. The Hall–Kier alpha value is -2.48. The smallest absolute Gasteiger partial charge is 0.426 e. The number of halogens is 7. The zero-order valence-electron chi connectivity index (χ0n) is 17.1. The SMILES string of the molecule is CC1(C)C(C=C(Cl)C(F)(F)F)C1C(=O)OCc1cccc(-c2ccc(F)cc2F)c1CF. The van der Waals surface area contributed by atoms with Crippen LogP contribution in [0.25, 0.3) is 11.1 Å². The third kappa shape index (κ3) is 4.80. The van der Waals surface area contributed by atoms with Crippen LogP contribution in [0.2, 0.25) is 0 Å². The molecule has 0 N–H and O–H groups in total. The molecular formula is C23H19ClF6O2. The second kappa shape index (κ2) is 8.81. The van der Waals surface area contributed by atoms with E-state index in [1.54, 1.807) is 13.8 Å². The van der Waals surface area contributed by atoms with Crippen molar-refractivity contribution in [2.75, 3.05) is 0 Å². The van der Waals surface area contributed by atoms with Gasteiger partial charge in [0.2, 0.25) is 0 Å². The second-order valence-corrected chi connectivity index (χ2v) is 8.55. The molecule has 9 heteroatoms. The van der Waals surface area contributed by atoms with Crippen molar-refractivity contribution in [3.05, 3.63) is 70.3 Å². The largest absolute Gasteiger partial charge is 0.461 e. The van der Waals surface area contributed by atoms with Crippen LogP contribution in [-0.4, -0.2) is 12.1 Å². The number of benzene rings is 2. The maximum Gasteiger partial charge on any atom is 0.426 e. The molecule has 2 unspecified atom stereocenters. The van der Waals surface area contributed by atoms with Crippen LogP contribution in [0, 0.1) is 28.9 Å². The summed E-state index contributed by atoms with van der Waals surface area (Å²) in [5.41, 5.74) is -0.284. The van der Waals surface area contributed by atoms with Crippen molar-refractivity contribution in [1.29, 1.82) is 0 Å². The molecule has 1 saturated carbocycles. The number of carbonyl (C=O) groups is 1. The standard InChI is InChI=1S/C23H19ClF6O2/c1-22(2)17(9-19(24)23(28,29)30)20(22)21(31)32-11-12-4-3-5-14(16(12)10-25)15-7-6-13(26)8-18(15)27/h3-9,17,20H,10-11H2,1-2H3. The quantitative estimate of drug-likeness (QED) is 0.328. The molecule has 1 fully saturated rings. The van der Waals surface area contributed by atoms with Crippen LogP contribution < -0.4 is 0 Å². The number of hydrogen-bond acceptors (Lipinski definition) is 2. The molecule has 2 aromatic rings. The molecule has 2 atom stereocenters. The highest BCUT2D eigenvalue weighted by atomic mass is 35.5. The van der Waals surface area contributed by atoms with Gasteiger partial charge in [-0.25, -0.2) is 13.2 Å². The highest BCUT2D eigenvalue weighted by Gasteiger charge is 2.62. The van der Waals surface area contributed by atoms with E-state index in [1.807, 2.05) is 0 Å². The number of ether oxygens (including phenoxy) is 1. The zero-order valence-corrected chi connectivity index (χ0v) is 17.8. The number of alkyl halides is 4. The minimum atomic E-state index is -4.71. The molecule has 0 spiro atoms. The topological polar surface area (TPSA) is 26.3 Å². The summed E-state index contributed by atoms with van der Waals surface area (Å²) in [5, 5.41) is -1.31. The minimum absolute atomic E-state index is 0.0115. The van der Waals surface area contributed by atoms with Gasteiger partial charge in [0.1, 0.15) is 29.9 Å². The fraction of sp³-hybridized carbons (Fsp3) is 0.348. The molecular weight excluding hydrogens is 458 g/mol. The van der Waals surface area contributed by atoms with Crippen LogP contribution in [0.5, 0.6) is 0 Å². The third-order valence-electron chi connectivity index (χ3n) is 5.76. The number of carbonyl (C=O) groups excluding carboxylic acids is 1. The van der Waals surface area contributed by atoms with Gasteiger partial charge in [-0.15, -0.1) is 0 Å². The van der Waals surface area contributed by atoms with E-state index in [-0.39, 0.29) is 28.9 Å². The molecule has 0 radical (unpaired) electrons. The average molecular weight is 477 g/mol. The number of rotatable bonds is 6. The maximum absolute atomic E-state index is 14.2. The van der Waals surface area contributed by atoms with E-state index in [1.165, 1.54) is 24.3 Å². The Balaban J connectivity index is 1.78. The Morgan fingerprint density at radius 3 is 2.44 bits per heavy atom. The van der Waals surface area contributed by atoms with Crippen molar-refractivity contribution in [2.24, 2.45) is 17.3 Å². The Labute approximate surface area is 185 Å². The van der Waals surface area contributed by atoms with Crippen molar-refractivity contribution < 1.29 is 35.9 Å². The summed E-state index contributed by atoms with van der Waals surface area (Å²) in [6.07, 6.45) is -3.90. The molecule has 0 aliphatic heterocycles. The lowest BCUT2D eigenvalue weighted by Gasteiger charge is -2.14. The van der Waals surface area contributed by atoms with Crippen molar-refractivity contribution in [2.45, 2.75) is 33.3 Å². The fourth-order valence-corrected chi connectivity index (χ4v) is 3.95. The lowest BCUT2D eigenvalue weighted by atomic mass is 9.96. The van der Waals surface area contributed by atoms with E-state index in [9.17, 15) is 31.1 Å². The summed E-state index contributed by atoms with van der Waals surface area (Å²) >= 11 is 5.29. The summed E-state index contributed by atoms with van der Waals surface area (Å²) < 4.78 is 84.6. The molecule has 0 aromatic heterocycles. The Bertz CT molecular complexity index is 1060. The molecule has 32 heavy (non-hydrogen) atoms. The Morgan fingerprint density at radius 1 is 1.16 bits per heavy atom. The molecule has 1 aliphatic carbocycles. The predicted molar refractivity (Wildman–Crippen MR) is 107 cm³/mol. The van der Waals surface area contributed by atoms with Crippen LogP contribution in [0.3, 0.4) is 0 Å². The third-order valence-corrected chi connectivity index (χ3v) is 6.10. The van der Waals surface area contributed by atoms with E-state index in [0.717, 1.165) is 12.1 Å². The van der Waals surface area contributed by atoms with Gasteiger partial charge in [-0.3, -0.25) is 4.79 Å². The first-order valence-corrected chi connectivity index (χ1v) is 9.99. The molecule has 0 bridgehead atoms. The van der Waals surface area contributed by atoms with Crippen LogP contribution >= 0.6 is 11.6 Å². The van der Waals surface area contributed by atoms with Crippen molar-refractivity contribution in [3.8, 4) is 11.1 Å². The molecule has 3 rings (SSSR count). The molecule has 0 heterocycles. The van der Waals surface area contributed by atoms with Crippen LogP contribution in [-0.2, 0) is 22.8 Å². The summed E-state index contributed by atoms with van der Waals surface area (Å²) in [5.74, 6) is -4.00. The summed E-state index contributed by atoms with van der Waals surface area (Å²) in [7, 11) is 0. The zero-order chi connectivity index (χ0) is 23.8. The van der Waals surface area contributed by atoms with Gasteiger partial charge in [0, 0.05) is 11.6 Å². The van der Waals surface area contributed by atoms with E-state index >= 15 is 0 Å². The van der Waals surface area contributed by atoms with E-state index in [4.69, 9.17) is 16.3 Å². The number of allylic oxidation sites excluding steroid dienone is 2. The van der Waals surface area contributed by atoms with E-state index in [2.05, 4.69) is 0 Å². The first kappa shape index (κ1) is 24.2. The molecule has 0 saturated heterocycles. The number of hydrogen-bond donors (Lipinski definition) is 0. The van der Waals surface area contributed by atoms with Crippen LogP contribution in [0.1, 0.15) is 25.0 Å². The van der Waals surface area contributed by atoms with Crippen LogP contribution in [0.15, 0.2) is 47.5 Å². The van der Waals surface area contributed by atoms with Gasteiger partial charge in [0.15, 0.2) is 0 Å². The second-order valence-electron chi connectivity index (χ2n) is 8.15. The lowest BCUT2D eigenvalue weighted by Crippen LogP contribution is -2.12. The monoisotopic (exact) mass is 476 g/mol. The van der Waals surface area contributed by atoms with E-state index < -0.39 is 52.7 Å². The van der Waals surface area contributed by atoms with Gasteiger partial charge in [0.25, 0.3) is 0 Å². The van der Waals surface area contributed by atoms with Gasteiger partial charge in [0.05, 0.1) is 5.92 Å². The molecule has 0 amide bonds. The lowest BCUT2D eigenvalue weighted by molar-refractivity contribution is -0.147. The highest BCUT2D eigenvalue weighted by Crippen LogP contribution is 2.60. The molecule has 2 nitrogen and oxygen atoms in total. The van der Waals surface area contributed by atoms with Crippen molar-refractivity contribution in [1.82, 2.24) is 0 Å². The molecule has 2 aromatic carbocycles. The summed E-state index contributed by atoms with van der Waals surface area (Å²) in [6, 6.07) is 7.36. The molecule has 1 aliphatic rings. The van der Waals surface area contributed by atoms with Gasteiger partial charge in [-0.2, -0.15) is 13.2 Å². The average Bonchev–Trinajstić information content (AvgIpc) is 3.25. The molecule has 172 valence electrons. The highest BCUT2D eigenvalue weighted by molar-refractivity contribution is 6.30. The normalized spacial score (nSPS) is 20.2. The number of esters is 1. The summed E-state index contributed by atoms with van der Waals surface area (Å²) in [6.45, 7) is 1.88. The Morgan fingerprint density at radius 2 is 1.84 bits per heavy atom. The maximum atomic E-state index is 14.2. The van der Waals surface area contributed by atoms with Gasteiger partial charge in [-0.05, 0) is 40.2 Å². The fourth-order valence-electron chi connectivity index (χ4n) is 3.82. The first-order valence-electron chi connectivity index (χ1n) is 9.61. The Kier molecular flexibility index (Phi) is 6.65. The van der Waals surface area contributed by atoms with Gasteiger partial charge >= 0.3 is 12.1 Å². The van der Waals surface area contributed by atoms with E-state index in [0.29, 0.717) is 6.07 Å².